The van der Waals surface area contributed by atoms with Crippen molar-refractivity contribution in [2.45, 2.75) is 6.54 Å². The second kappa shape index (κ2) is 6.58. The molecule has 0 aromatic heterocycles. The van der Waals surface area contributed by atoms with Gasteiger partial charge in [0.15, 0.2) is 0 Å². The zero-order chi connectivity index (χ0) is 15.4. The molecule has 0 bridgehead atoms. The van der Waals surface area contributed by atoms with E-state index in [0.717, 1.165) is 0 Å². The molecule has 0 unspecified atom stereocenters. The van der Waals surface area contributed by atoms with Gasteiger partial charge in [0.05, 0.1) is 12.7 Å². The highest BCUT2D eigenvalue weighted by atomic mass is 79.9. The standard InChI is InChI=1S/C15H13BrFNO3/c1-21-11-3-5-14(19)9(6-11)8-18-15(20)12-4-2-10(17)7-13(12)16/h2-7,19H,8H2,1H3,(H,18,20). The Kier molecular flexibility index (Phi) is 4.80. The molecule has 1 amide bonds. The lowest BCUT2D eigenvalue weighted by atomic mass is 10.1. The largest absolute Gasteiger partial charge is 0.508 e. The van der Waals surface area contributed by atoms with E-state index in [4.69, 9.17) is 4.74 Å². The van der Waals surface area contributed by atoms with Gasteiger partial charge in [0, 0.05) is 16.6 Å². The molecule has 0 spiro atoms. The summed E-state index contributed by atoms with van der Waals surface area (Å²) in [5.41, 5.74) is 0.847. The highest BCUT2D eigenvalue weighted by Gasteiger charge is 2.11. The molecule has 21 heavy (non-hydrogen) atoms. The number of rotatable bonds is 4. The zero-order valence-electron chi connectivity index (χ0n) is 11.2. The molecule has 2 rings (SSSR count). The first-order chi connectivity index (χ1) is 10.0. The van der Waals surface area contributed by atoms with Gasteiger partial charge in [0.2, 0.25) is 0 Å². The minimum Gasteiger partial charge on any atom is -0.508 e. The van der Waals surface area contributed by atoms with E-state index in [2.05, 4.69) is 21.2 Å². The number of phenols is 1. The van der Waals surface area contributed by atoms with Crippen LogP contribution in [0.15, 0.2) is 40.9 Å². The van der Waals surface area contributed by atoms with Gasteiger partial charge in [-0.3, -0.25) is 4.79 Å². The van der Waals surface area contributed by atoms with Gasteiger partial charge in [-0.05, 0) is 52.3 Å². The highest BCUT2D eigenvalue weighted by molar-refractivity contribution is 9.10. The number of hydrogen-bond donors (Lipinski definition) is 2. The summed E-state index contributed by atoms with van der Waals surface area (Å²) in [6.07, 6.45) is 0. The Morgan fingerprint density at radius 1 is 1.33 bits per heavy atom. The third-order valence-corrected chi connectivity index (χ3v) is 3.56. The minimum absolute atomic E-state index is 0.0641. The Morgan fingerprint density at radius 2 is 2.10 bits per heavy atom. The minimum atomic E-state index is -0.427. The molecule has 0 aliphatic heterocycles. The van der Waals surface area contributed by atoms with E-state index < -0.39 is 5.82 Å². The summed E-state index contributed by atoms with van der Waals surface area (Å²) in [5.74, 6) is -0.151. The monoisotopic (exact) mass is 353 g/mol. The first-order valence-corrected chi connectivity index (χ1v) is 6.89. The first kappa shape index (κ1) is 15.3. The van der Waals surface area contributed by atoms with Crippen LogP contribution in [0.25, 0.3) is 0 Å². The summed E-state index contributed by atoms with van der Waals surface area (Å²) < 4.78 is 18.4. The van der Waals surface area contributed by atoms with Crippen LogP contribution in [0.5, 0.6) is 11.5 Å². The normalized spacial score (nSPS) is 10.2. The number of methoxy groups -OCH3 is 1. The molecule has 0 radical (unpaired) electrons. The molecular formula is C15H13BrFNO3. The summed E-state index contributed by atoms with van der Waals surface area (Å²) in [5, 5.41) is 12.4. The molecule has 6 heteroatoms. The molecule has 0 aliphatic carbocycles. The molecule has 0 aliphatic rings. The summed E-state index contributed by atoms with van der Waals surface area (Å²) in [7, 11) is 1.52. The molecular weight excluding hydrogens is 341 g/mol. The van der Waals surface area contributed by atoms with Gasteiger partial charge in [-0.15, -0.1) is 0 Å². The molecule has 4 nitrogen and oxygen atoms in total. The van der Waals surface area contributed by atoms with E-state index in [1.165, 1.54) is 31.4 Å². The molecule has 0 saturated carbocycles. The fraction of sp³-hybridized carbons (Fsp3) is 0.133. The third kappa shape index (κ3) is 3.72. The van der Waals surface area contributed by atoms with Gasteiger partial charge in [0.1, 0.15) is 17.3 Å². The maximum absolute atomic E-state index is 13.0. The molecule has 0 heterocycles. The van der Waals surface area contributed by atoms with Crippen molar-refractivity contribution < 1.29 is 19.0 Å². The van der Waals surface area contributed by atoms with Crippen molar-refractivity contribution in [2.75, 3.05) is 7.11 Å². The van der Waals surface area contributed by atoms with Gasteiger partial charge in [-0.25, -0.2) is 4.39 Å². The smallest absolute Gasteiger partial charge is 0.252 e. The van der Waals surface area contributed by atoms with Crippen LogP contribution in [-0.2, 0) is 6.54 Å². The van der Waals surface area contributed by atoms with Gasteiger partial charge >= 0.3 is 0 Å². The van der Waals surface area contributed by atoms with E-state index in [1.807, 2.05) is 0 Å². The average Bonchev–Trinajstić information content (AvgIpc) is 2.46. The lowest BCUT2D eigenvalue weighted by molar-refractivity contribution is 0.0950. The molecule has 0 fully saturated rings. The second-order valence-corrected chi connectivity index (χ2v) is 5.16. The van der Waals surface area contributed by atoms with Crippen molar-refractivity contribution in [3.8, 4) is 11.5 Å². The number of carbonyl (C=O) groups excluding carboxylic acids is 1. The van der Waals surface area contributed by atoms with Crippen molar-refractivity contribution in [1.82, 2.24) is 5.32 Å². The fourth-order valence-electron chi connectivity index (χ4n) is 1.77. The van der Waals surface area contributed by atoms with E-state index in [1.54, 1.807) is 12.1 Å². The fourth-order valence-corrected chi connectivity index (χ4v) is 2.31. The number of aromatic hydroxyl groups is 1. The molecule has 0 saturated heterocycles. The number of benzene rings is 2. The number of phenolic OH excluding ortho intramolecular Hbond substituents is 1. The number of hydrogen-bond acceptors (Lipinski definition) is 3. The van der Waals surface area contributed by atoms with Crippen LogP contribution in [0.3, 0.4) is 0 Å². The van der Waals surface area contributed by atoms with Crippen LogP contribution in [0.1, 0.15) is 15.9 Å². The third-order valence-electron chi connectivity index (χ3n) is 2.90. The molecule has 0 atom stereocenters. The van der Waals surface area contributed by atoms with Crippen LogP contribution in [-0.4, -0.2) is 18.1 Å². The summed E-state index contributed by atoms with van der Waals surface area (Å²) in [4.78, 5) is 12.0. The number of ether oxygens (including phenoxy) is 1. The van der Waals surface area contributed by atoms with Gasteiger partial charge in [-0.1, -0.05) is 0 Å². The summed E-state index contributed by atoms with van der Waals surface area (Å²) in [6.45, 7) is 0.131. The Hall–Kier alpha value is -2.08. The van der Waals surface area contributed by atoms with Crippen LogP contribution >= 0.6 is 15.9 Å². The Morgan fingerprint density at radius 3 is 2.76 bits per heavy atom. The number of halogens is 2. The summed E-state index contributed by atoms with van der Waals surface area (Å²) in [6, 6.07) is 8.57. The van der Waals surface area contributed by atoms with Gasteiger partial charge in [-0.2, -0.15) is 0 Å². The number of carbonyl (C=O) groups is 1. The lowest BCUT2D eigenvalue weighted by Gasteiger charge is -2.10. The maximum atomic E-state index is 13.0. The molecule has 110 valence electrons. The van der Waals surface area contributed by atoms with Crippen molar-refractivity contribution in [3.05, 3.63) is 57.8 Å². The quantitative estimate of drug-likeness (QED) is 0.886. The number of nitrogens with one attached hydrogen (secondary N) is 1. The average molecular weight is 354 g/mol. The van der Waals surface area contributed by atoms with Crippen molar-refractivity contribution >= 4 is 21.8 Å². The van der Waals surface area contributed by atoms with Crippen molar-refractivity contribution in [2.24, 2.45) is 0 Å². The molecule has 2 aromatic carbocycles. The number of amides is 1. The van der Waals surface area contributed by atoms with Gasteiger partial charge in [0.25, 0.3) is 5.91 Å². The Balaban J connectivity index is 2.10. The zero-order valence-corrected chi connectivity index (χ0v) is 12.8. The van der Waals surface area contributed by atoms with Crippen molar-refractivity contribution in [1.29, 1.82) is 0 Å². The van der Waals surface area contributed by atoms with E-state index in [9.17, 15) is 14.3 Å². The van der Waals surface area contributed by atoms with Crippen LogP contribution in [0.2, 0.25) is 0 Å². The molecule has 2 aromatic rings. The van der Waals surface area contributed by atoms with E-state index >= 15 is 0 Å². The highest BCUT2D eigenvalue weighted by Crippen LogP contribution is 2.23. The predicted octanol–water partition coefficient (Wildman–Crippen LogP) is 3.23. The predicted molar refractivity (Wildman–Crippen MR) is 79.9 cm³/mol. The van der Waals surface area contributed by atoms with E-state index in [-0.39, 0.29) is 18.2 Å². The summed E-state index contributed by atoms with van der Waals surface area (Å²) >= 11 is 3.14. The van der Waals surface area contributed by atoms with Crippen LogP contribution in [0, 0.1) is 5.82 Å². The van der Waals surface area contributed by atoms with Crippen LogP contribution in [0.4, 0.5) is 4.39 Å². The van der Waals surface area contributed by atoms with E-state index in [0.29, 0.717) is 21.3 Å². The first-order valence-electron chi connectivity index (χ1n) is 6.10. The Labute approximate surface area is 129 Å². The van der Waals surface area contributed by atoms with Gasteiger partial charge < -0.3 is 15.2 Å². The van der Waals surface area contributed by atoms with Crippen molar-refractivity contribution in [3.63, 3.8) is 0 Å². The Bertz CT molecular complexity index is 676. The maximum Gasteiger partial charge on any atom is 0.252 e. The topological polar surface area (TPSA) is 58.6 Å². The lowest BCUT2D eigenvalue weighted by Crippen LogP contribution is -2.23. The second-order valence-electron chi connectivity index (χ2n) is 4.30. The molecule has 2 N–H and O–H groups in total. The SMILES string of the molecule is COc1ccc(O)c(CNC(=O)c2ccc(F)cc2Br)c1. The van der Waals surface area contributed by atoms with Crippen LogP contribution < -0.4 is 10.1 Å².